The van der Waals surface area contributed by atoms with Crippen LogP contribution in [0.1, 0.15) is 5.56 Å². The molecule has 0 radical (unpaired) electrons. The molecule has 0 bridgehead atoms. The summed E-state index contributed by atoms with van der Waals surface area (Å²) in [5.41, 5.74) is 2.41. The Morgan fingerprint density at radius 2 is 1.94 bits per heavy atom. The van der Waals surface area contributed by atoms with Crippen LogP contribution >= 0.6 is 0 Å². The average molecular weight is 245 g/mol. The van der Waals surface area contributed by atoms with Gasteiger partial charge in [-0.1, -0.05) is 18.2 Å². The van der Waals surface area contributed by atoms with Gasteiger partial charge in [0, 0.05) is 38.4 Å². The third-order valence-electron chi connectivity index (χ3n) is 3.76. The van der Waals surface area contributed by atoms with E-state index in [4.69, 9.17) is 0 Å². The molecule has 0 aromatic heterocycles. The summed E-state index contributed by atoms with van der Waals surface area (Å²) >= 11 is 0. The molecule has 3 rings (SSSR count). The largest absolute Gasteiger partial charge is 0.314 e. The van der Waals surface area contributed by atoms with Crippen molar-refractivity contribution in [2.75, 3.05) is 44.2 Å². The summed E-state index contributed by atoms with van der Waals surface area (Å²) in [7, 11) is 0. The summed E-state index contributed by atoms with van der Waals surface area (Å²) in [6.45, 7) is 5.32. The molecule has 0 aliphatic carbocycles. The van der Waals surface area contributed by atoms with Gasteiger partial charge in [0.15, 0.2) is 0 Å². The summed E-state index contributed by atoms with van der Waals surface area (Å²) in [6.07, 6.45) is 0.990. The Labute approximate surface area is 108 Å². The van der Waals surface area contributed by atoms with Crippen LogP contribution < -0.4 is 10.2 Å². The number of carbonyl (C=O) groups is 1. The quantitative estimate of drug-likeness (QED) is 0.823. The molecule has 18 heavy (non-hydrogen) atoms. The maximum Gasteiger partial charge on any atom is 0.241 e. The van der Waals surface area contributed by atoms with Crippen molar-refractivity contribution < 1.29 is 4.79 Å². The highest BCUT2D eigenvalue weighted by molar-refractivity contribution is 5.96. The van der Waals surface area contributed by atoms with Crippen LogP contribution in [-0.4, -0.2) is 50.1 Å². The maximum absolute atomic E-state index is 12.3. The van der Waals surface area contributed by atoms with Gasteiger partial charge in [0.25, 0.3) is 0 Å². The number of fused-ring (bicyclic) bond motifs is 1. The van der Waals surface area contributed by atoms with Gasteiger partial charge in [-0.25, -0.2) is 0 Å². The molecule has 2 aliphatic heterocycles. The van der Waals surface area contributed by atoms with Crippen molar-refractivity contribution in [3.05, 3.63) is 29.8 Å². The molecule has 0 spiro atoms. The fourth-order valence-corrected chi connectivity index (χ4v) is 2.74. The molecule has 0 atom stereocenters. The van der Waals surface area contributed by atoms with E-state index in [9.17, 15) is 4.79 Å². The second-order valence-electron chi connectivity index (χ2n) is 4.95. The van der Waals surface area contributed by atoms with E-state index in [1.54, 1.807) is 0 Å². The summed E-state index contributed by atoms with van der Waals surface area (Å²) < 4.78 is 0. The normalized spacial score (nSPS) is 19.9. The first-order chi connectivity index (χ1) is 8.84. The van der Waals surface area contributed by atoms with E-state index < -0.39 is 0 Å². The zero-order valence-corrected chi connectivity index (χ0v) is 10.6. The first-order valence-corrected chi connectivity index (χ1v) is 6.66. The Morgan fingerprint density at radius 3 is 2.78 bits per heavy atom. The number of hydrogen-bond donors (Lipinski definition) is 1. The van der Waals surface area contributed by atoms with Gasteiger partial charge < -0.3 is 10.2 Å². The number of carbonyl (C=O) groups excluding carboxylic acids is 1. The van der Waals surface area contributed by atoms with E-state index >= 15 is 0 Å². The van der Waals surface area contributed by atoms with Crippen molar-refractivity contribution in [2.45, 2.75) is 6.42 Å². The van der Waals surface area contributed by atoms with Crippen molar-refractivity contribution in [3.8, 4) is 0 Å². The number of nitrogens with zero attached hydrogens (tertiary/aromatic N) is 2. The summed E-state index contributed by atoms with van der Waals surface area (Å²) in [5, 5.41) is 3.31. The molecule has 1 N–H and O–H groups in total. The molecule has 2 aliphatic rings. The van der Waals surface area contributed by atoms with Crippen LogP contribution in [0.2, 0.25) is 0 Å². The van der Waals surface area contributed by atoms with Gasteiger partial charge in [-0.2, -0.15) is 0 Å². The first kappa shape index (κ1) is 11.7. The molecule has 1 aromatic rings. The SMILES string of the molecule is O=C(CN1CCNCC1)N1CCc2ccccc21. The standard InChI is InChI=1S/C14H19N3O/c18-14(11-16-9-6-15-7-10-16)17-8-5-12-3-1-2-4-13(12)17/h1-4,15H,5-11H2. The number of benzene rings is 1. The van der Waals surface area contributed by atoms with Crippen molar-refractivity contribution in [1.82, 2.24) is 10.2 Å². The Bertz CT molecular complexity index is 440. The monoisotopic (exact) mass is 245 g/mol. The Morgan fingerprint density at radius 1 is 1.17 bits per heavy atom. The molecule has 1 amide bonds. The molecule has 1 fully saturated rings. The fraction of sp³-hybridized carbons (Fsp3) is 0.500. The minimum absolute atomic E-state index is 0.238. The fourth-order valence-electron chi connectivity index (χ4n) is 2.74. The lowest BCUT2D eigenvalue weighted by molar-refractivity contribution is -0.119. The number of piperazine rings is 1. The average Bonchev–Trinajstić information content (AvgIpc) is 2.84. The van der Waals surface area contributed by atoms with E-state index in [1.165, 1.54) is 5.56 Å². The Kier molecular flexibility index (Phi) is 3.30. The van der Waals surface area contributed by atoms with E-state index in [0.29, 0.717) is 6.54 Å². The lowest BCUT2D eigenvalue weighted by atomic mass is 10.2. The predicted octanol–water partition coefficient (Wildman–Crippen LogP) is 0.481. The zero-order chi connectivity index (χ0) is 12.4. The lowest BCUT2D eigenvalue weighted by Crippen LogP contribution is -2.48. The highest BCUT2D eigenvalue weighted by Crippen LogP contribution is 2.27. The Hall–Kier alpha value is -1.39. The molecular weight excluding hydrogens is 226 g/mol. The topological polar surface area (TPSA) is 35.6 Å². The molecule has 1 aromatic carbocycles. The minimum atomic E-state index is 0.238. The van der Waals surface area contributed by atoms with Gasteiger partial charge in [-0.3, -0.25) is 9.69 Å². The number of amides is 1. The van der Waals surface area contributed by atoms with Crippen molar-refractivity contribution >= 4 is 11.6 Å². The van der Waals surface area contributed by atoms with Crippen LogP contribution in [0.3, 0.4) is 0 Å². The highest BCUT2D eigenvalue weighted by Gasteiger charge is 2.25. The van der Waals surface area contributed by atoms with Gasteiger partial charge in [0.05, 0.1) is 6.54 Å². The van der Waals surface area contributed by atoms with Crippen LogP contribution in [0.25, 0.3) is 0 Å². The van der Waals surface area contributed by atoms with Crippen LogP contribution in [0, 0.1) is 0 Å². The van der Waals surface area contributed by atoms with Gasteiger partial charge in [-0.05, 0) is 18.1 Å². The maximum atomic E-state index is 12.3. The van der Waals surface area contributed by atoms with Gasteiger partial charge >= 0.3 is 0 Å². The second kappa shape index (κ2) is 5.08. The van der Waals surface area contributed by atoms with Gasteiger partial charge in [-0.15, -0.1) is 0 Å². The van der Waals surface area contributed by atoms with E-state index in [-0.39, 0.29) is 5.91 Å². The lowest BCUT2D eigenvalue weighted by Gasteiger charge is -2.28. The summed E-state index contributed by atoms with van der Waals surface area (Å²) in [5.74, 6) is 0.238. The summed E-state index contributed by atoms with van der Waals surface area (Å²) in [4.78, 5) is 16.5. The highest BCUT2D eigenvalue weighted by atomic mass is 16.2. The molecule has 2 heterocycles. The number of anilines is 1. The third-order valence-corrected chi connectivity index (χ3v) is 3.76. The molecule has 4 nitrogen and oxygen atoms in total. The molecule has 1 saturated heterocycles. The molecule has 96 valence electrons. The Balaban J connectivity index is 1.67. The van der Waals surface area contributed by atoms with Crippen LogP contribution in [0.4, 0.5) is 5.69 Å². The van der Waals surface area contributed by atoms with Gasteiger partial charge in [0.1, 0.15) is 0 Å². The first-order valence-electron chi connectivity index (χ1n) is 6.66. The number of para-hydroxylation sites is 1. The second-order valence-corrected chi connectivity index (χ2v) is 4.95. The molecular formula is C14H19N3O. The van der Waals surface area contributed by atoms with Crippen molar-refractivity contribution in [2.24, 2.45) is 0 Å². The minimum Gasteiger partial charge on any atom is -0.314 e. The van der Waals surface area contributed by atoms with E-state index in [0.717, 1.165) is 44.8 Å². The molecule has 4 heteroatoms. The molecule has 0 unspecified atom stereocenters. The van der Waals surface area contributed by atoms with Crippen LogP contribution in [0.5, 0.6) is 0 Å². The van der Waals surface area contributed by atoms with E-state index in [1.807, 2.05) is 17.0 Å². The van der Waals surface area contributed by atoms with Crippen molar-refractivity contribution in [3.63, 3.8) is 0 Å². The van der Waals surface area contributed by atoms with Gasteiger partial charge in [0.2, 0.25) is 5.91 Å². The number of rotatable bonds is 2. The van der Waals surface area contributed by atoms with Crippen LogP contribution in [0.15, 0.2) is 24.3 Å². The predicted molar refractivity (Wildman–Crippen MR) is 71.8 cm³/mol. The third kappa shape index (κ3) is 2.26. The summed E-state index contributed by atoms with van der Waals surface area (Å²) in [6, 6.07) is 8.23. The molecule has 0 saturated carbocycles. The number of nitrogens with one attached hydrogen (secondary N) is 1. The number of hydrogen-bond acceptors (Lipinski definition) is 3. The smallest absolute Gasteiger partial charge is 0.241 e. The van der Waals surface area contributed by atoms with Crippen LogP contribution in [-0.2, 0) is 11.2 Å². The van der Waals surface area contributed by atoms with E-state index in [2.05, 4.69) is 22.3 Å². The van der Waals surface area contributed by atoms with Crippen molar-refractivity contribution in [1.29, 1.82) is 0 Å². The zero-order valence-electron chi connectivity index (χ0n) is 10.6.